The molecule has 7 nitrogen and oxygen atoms in total. The molecule has 0 radical (unpaired) electrons. The number of amides is 1. The normalized spacial score (nSPS) is 17.9. The van der Waals surface area contributed by atoms with Crippen LogP contribution in [0, 0.1) is 6.92 Å². The Bertz CT molecular complexity index is 708. The summed E-state index contributed by atoms with van der Waals surface area (Å²) in [7, 11) is 0. The van der Waals surface area contributed by atoms with Gasteiger partial charge in [-0.1, -0.05) is 19.0 Å². The van der Waals surface area contributed by atoms with E-state index in [-0.39, 0.29) is 17.9 Å². The Labute approximate surface area is 134 Å². The van der Waals surface area contributed by atoms with Crippen molar-refractivity contribution in [2.45, 2.75) is 45.6 Å². The number of nitrogen functional groups attached to an aromatic ring is 1. The molecule has 0 aliphatic carbocycles. The zero-order valence-electron chi connectivity index (χ0n) is 13.6. The predicted molar refractivity (Wildman–Crippen MR) is 84.8 cm³/mol. The van der Waals surface area contributed by atoms with E-state index in [1.807, 2.05) is 24.8 Å². The van der Waals surface area contributed by atoms with Crippen molar-refractivity contribution in [1.29, 1.82) is 0 Å². The van der Waals surface area contributed by atoms with Gasteiger partial charge in [0, 0.05) is 12.5 Å². The summed E-state index contributed by atoms with van der Waals surface area (Å²) in [5.74, 6) is 1.07. The van der Waals surface area contributed by atoms with Gasteiger partial charge in [-0.05, 0) is 31.9 Å². The van der Waals surface area contributed by atoms with Gasteiger partial charge in [-0.2, -0.15) is 5.10 Å². The van der Waals surface area contributed by atoms with E-state index >= 15 is 0 Å². The minimum atomic E-state index is -0.0788. The Hall–Kier alpha value is -2.44. The van der Waals surface area contributed by atoms with Gasteiger partial charge in [0.05, 0.1) is 17.4 Å². The summed E-state index contributed by atoms with van der Waals surface area (Å²) in [6.45, 7) is 6.47. The molecule has 1 aliphatic rings. The van der Waals surface area contributed by atoms with Crippen molar-refractivity contribution >= 4 is 11.7 Å². The van der Waals surface area contributed by atoms with E-state index in [1.165, 1.54) is 0 Å². The molecule has 23 heavy (non-hydrogen) atoms. The number of aromatic nitrogens is 3. The first-order valence-electron chi connectivity index (χ1n) is 7.85. The van der Waals surface area contributed by atoms with Crippen LogP contribution in [0.25, 0.3) is 0 Å². The van der Waals surface area contributed by atoms with E-state index in [9.17, 15) is 4.79 Å². The second kappa shape index (κ2) is 5.98. The number of hydrogen-bond acceptors (Lipinski definition) is 6. The first-order chi connectivity index (χ1) is 11.0. The largest absolute Gasteiger partial charge is 0.382 e. The Morgan fingerprint density at radius 2 is 2.17 bits per heavy atom. The monoisotopic (exact) mass is 315 g/mol. The highest BCUT2D eigenvalue weighted by molar-refractivity contribution is 5.96. The van der Waals surface area contributed by atoms with E-state index in [4.69, 9.17) is 10.3 Å². The van der Waals surface area contributed by atoms with Gasteiger partial charge in [0.2, 0.25) is 0 Å². The van der Waals surface area contributed by atoms with E-state index < -0.39 is 0 Å². The molecule has 3 heterocycles. The highest BCUT2D eigenvalue weighted by atomic mass is 16.5. The van der Waals surface area contributed by atoms with E-state index in [2.05, 4.69) is 15.4 Å². The number of nitrogens with zero attached hydrogens (tertiary/aromatic N) is 4. The zero-order valence-corrected chi connectivity index (χ0v) is 13.6. The lowest BCUT2D eigenvalue weighted by atomic mass is 10.0. The molecule has 0 saturated carbocycles. The Balaban J connectivity index is 1.92. The fourth-order valence-electron chi connectivity index (χ4n) is 3.03. The van der Waals surface area contributed by atoms with E-state index in [1.54, 1.807) is 13.0 Å². The maximum absolute atomic E-state index is 13.1. The molecule has 1 aliphatic heterocycles. The van der Waals surface area contributed by atoms with E-state index in [0.717, 1.165) is 18.5 Å². The third-order valence-corrected chi connectivity index (χ3v) is 4.19. The fraction of sp³-hybridized carbons (Fsp3) is 0.500. The van der Waals surface area contributed by atoms with Gasteiger partial charge in [-0.3, -0.25) is 4.79 Å². The second-order valence-corrected chi connectivity index (χ2v) is 6.20. The average molecular weight is 315 g/mol. The Morgan fingerprint density at radius 3 is 2.83 bits per heavy atom. The van der Waals surface area contributed by atoms with Crippen molar-refractivity contribution in [1.82, 2.24) is 20.3 Å². The standard InChI is InChI=1S/C16H21N5O2/c1-9(2)15-14(10(3)20-23-15)16(22)21-8-4-5-12(21)11-6-7-13(17)19-18-11/h6-7,9,12H,4-5,8H2,1-3H3,(H2,17,19). The third kappa shape index (κ3) is 2.78. The molecule has 1 amide bonds. The van der Waals surface area contributed by atoms with Gasteiger partial charge >= 0.3 is 0 Å². The smallest absolute Gasteiger partial charge is 0.259 e. The maximum atomic E-state index is 13.1. The summed E-state index contributed by atoms with van der Waals surface area (Å²) >= 11 is 0. The lowest BCUT2D eigenvalue weighted by Gasteiger charge is -2.24. The highest BCUT2D eigenvalue weighted by Crippen LogP contribution is 2.34. The van der Waals surface area contributed by atoms with Crippen LogP contribution in [-0.4, -0.2) is 32.7 Å². The molecule has 1 unspecified atom stereocenters. The first kappa shape index (κ1) is 15.5. The van der Waals surface area contributed by atoms with Crippen molar-refractivity contribution in [3.05, 3.63) is 34.8 Å². The topological polar surface area (TPSA) is 98.1 Å². The number of carbonyl (C=O) groups excluding carboxylic acids is 1. The molecule has 2 aromatic rings. The van der Waals surface area contributed by atoms with Crippen molar-refractivity contribution in [2.75, 3.05) is 12.3 Å². The molecule has 1 saturated heterocycles. The first-order valence-corrected chi connectivity index (χ1v) is 7.85. The minimum absolute atomic E-state index is 0.0476. The molecule has 122 valence electrons. The SMILES string of the molecule is Cc1noc(C(C)C)c1C(=O)N1CCCC1c1ccc(N)nn1. The average Bonchev–Trinajstić information content (AvgIpc) is 3.14. The predicted octanol–water partition coefficient (Wildman–Crippen LogP) is 2.46. The van der Waals surface area contributed by atoms with Gasteiger partial charge < -0.3 is 15.2 Å². The molecule has 2 N–H and O–H groups in total. The molecular weight excluding hydrogens is 294 g/mol. The van der Waals surface area contributed by atoms with Crippen LogP contribution in [0.2, 0.25) is 0 Å². The lowest BCUT2D eigenvalue weighted by Crippen LogP contribution is -2.32. The molecule has 0 bridgehead atoms. The van der Waals surface area contributed by atoms with Crippen molar-refractivity contribution in [3.8, 4) is 0 Å². The summed E-state index contributed by atoms with van der Waals surface area (Å²) in [6.07, 6.45) is 1.80. The summed E-state index contributed by atoms with van der Waals surface area (Å²) in [6, 6.07) is 3.47. The van der Waals surface area contributed by atoms with Crippen LogP contribution in [0.3, 0.4) is 0 Å². The second-order valence-electron chi connectivity index (χ2n) is 6.20. The number of hydrogen-bond donors (Lipinski definition) is 1. The van der Waals surface area contributed by atoms with Gasteiger partial charge in [0.1, 0.15) is 11.4 Å². The Morgan fingerprint density at radius 1 is 1.39 bits per heavy atom. The molecule has 7 heteroatoms. The zero-order chi connectivity index (χ0) is 16.6. The fourth-order valence-corrected chi connectivity index (χ4v) is 3.03. The lowest BCUT2D eigenvalue weighted by molar-refractivity contribution is 0.0729. The molecule has 1 fully saturated rings. The quantitative estimate of drug-likeness (QED) is 0.934. The summed E-state index contributed by atoms with van der Waals surface area (Å²) in [5, 5.41) is 12.0. The van der Waals surface area contributed by atoms with Gasteiger partial charge in [-0.25, -0.2) is 0 Å². The van der Waals surface area contributed by atoms with Crippen LogP contribution in [0.5, 0.6) is 0 Å². The van der Waals surface area contributed by atoms with Crippen LogP contribution >= 0.6 is 0 Å². The molecule has 0 spiro atoms. The Kier molecular flexibility index (Phi) is 4.02. The van der Waals surface area contributed by atoms with Crippen molar-refractivity contribution < 1.29 is 9.32 Å². The van der Waals surface area contributed by atoms with Crippen LogP contribution < -0.4 is 5.73 Å². The summed E-state index contributed by atoms with van der Waals surface area (Å²) in [5.41, 5.74) is 7.58. The molecule has 0 aromatic carbocycles. The number of aryl methyl sites for hydroxylation is 1. The minimum Gasteiger partial charge on any atom is -0.382 e. The molecule has 2 aromatic heterocycles. The van der Waals surface area contributed by atoms with Crippen LogP contribution in [0.15, 0.2) is 16.7 Å². The van der Waals surface area contributed by atoms with Crippen molar-refractivity contribution in [2.24, 2.45) is 0 Å². The number of anilines is 1. The van der Waals surface area contributed by atoms with Gasteiger partial charge in [0.15, 0.2) is 5.76 Å². The van der Waals surface area contributed by atoms with E-state index in [0.29, 0.717) is 29.4 Å². The molecular formula is C16H21N5O2. The third-order valence-electron chi connectivity index (χ3n) is 4.19. The number of carbonyl (C=O) groups is 1. The van der Waals surface area contributed by atoms with Gasteiger partial charge in [0.25, 0.3) is 5.91 Å². The number of rotatable bonds is 3. The number of nitrogens with two attached hydrogens (primary N) is 1. The molecule has 3 rings (SSSR count). The van der Waals surface area contributed by atoms with Gasteiger partial charge in [-0.15, -0.1) is 5.10 Å². The number of likely N-dealkylation sites (tertiary alicyclic amines) is 1. The van der Waals surface area contributed by atoms with Crippen LogP contribution in [0.4, 0.5) is 5.82 Å². The van der Waals surface area contributed by atoms with Crippen LogP contribution in [-0.2, 0) is 0 Å². The summed E-state index contributed by atoms with van der Waals surface area (Å²) < 4.78 is 5.35. The maximum Gasteiger partial charge on any atom is 0.259 e. The molecule has 1 atom stereocenters. The summed E-state index contributed by atoms with van der Waals surface area (Å²) in [4.78, 5) is 14.9. The van der Waals surface area contributed by atoms with Crippen LogP contribution in [0.1, 0.15) is 66.2 Å². The highest BCUT2D eigenvalue weighted by Gasteiger charge is 2.35. The van der Waals surface area contributed by atoms with Crippen molar-refractivity contribution in [3.63, 3.8) is 0 Å².